The van der Waals surface area contributed by atoms with Crippen LogP contribution in [-0.2, 0) is 25.9 Å². The molecule has 3 aromatic rings. The van der Waals surface area contributed by atoms with Gasteiger partial charge in [0.1, 0.15) is 5.56 Å². The fourth-order valence-corrected chi connectivity index (χ4v) is 4.07. The van der Waals surface area contributed by atoms with Gasteiger partial charge in [-0.3, -0.25) is 24.7 Å². The van der Waals surface area contributed by atoms with E-state index in [0.29, 0.717) is 17.8 Å². The molecule has 3 aromatic heterocycles. The molecule has 0 unspecified atom stereocenters. The molecular weight excluding hydrogens is 392 g/mol. The van der Waals surface area contributed by atoms with Crippen molar-refractivity contribution in [2.45, 2.75) is 59.0 Å². The van der Waals surface area contributed by atoms with Crippen molar-refractivity contribution in [2.24, 2.45) is 0 Å². The van der Waals surface area contributed by atoms with E-state index < -0.39 is 0 Å². The van der Waals surface area contributed by atoms with Crippen LogP contribution in [0.3, 0.4) is 0 Å². The van der Waals surface area contributed by atoms with Crippen LogP contribution in [0.2, 0.25) is 0 Å². The van der Waals surface area contributed by atoms with Crippen molar-refractivity contribution >= 4 is 5.91 Å². The number of aromatic nitrogens is 5. The van der Waals surface area contributed by atoms with Gasteiger partial charge >= 0.3 is 0 Å². The molecule has 8 heteroatoms. The van der Waals surface area contributed by atoms with Gasteiger partial charge in [0.05, 0.1) is 36.4 Å². The van der Waals surface area contributed by atoms with E-state index in [1.807, 2.05) is 6.92 Å². The number of nitrogens with zero attached hydrogens (tertiary/aromatic N) is 5. The first kappa shape index (κ1) is 21.0. The molecule has 0 aliphatic heterocycles. The van der Waals surface area contributed by atoms with Crippen LogP contribution >= 0.6 is 0 Å². The van der Waals surface area contributed by atoms with Gasteiger partial charge in [-0.25, -0.2) is 0 Å². The smallest absolute Gasteiger partial charge is 0.264 e. The van der Waals surface area contributed by atoms with Crippen LogP contribution in [0.25, 0.3) is 0 Å². The molecule has 8 nitrogen and oxygen atoms in total. The maximum atomic E-state index is 13.2. The Kier molecular flexibility index (Phi) is 5.97. The van der Waals surface area contributed by atoms with E-state index >= 15 is 0 Å². The Morgan fingerprint density at radius 1 is 1.16 bits per heavy atom. The van der Waals surface area contributed by atoms with E-state index in [0.717, 1.165) is 37.1 Å². The van der Waals surface area contributed by atoms with Crippen LogP contribution in [0.1, 0.15) is 63.5 Å². The molecule has 3 heterocycles. The van der Waals surface area contributed by atoms with E-state index in [2.05, 4.69) is 20.2 Å². The highest BCUT2D eigenvalue weighted by molar-refractivity contribution is 5.95. The van der Waals surface area contributed by atoms with Crippen molar-refractivity contribution in [3.05, 3.63) is 74.5 Å². The standard InChI is InChI=1S/C23H28N6O2/c1-15-9-10-29(13-17-12-24-16(2)11-25-17)23(31)21(15)22(30)28(3)14-20-18-7-5-4-6-8-19(18)26-27-20/h9-12H,4-8,13-14H2,1-3H3,(H,26,27). The zero-order valence-electron chi connectivity index (χ0n) is 18.3. The van der Waals surface area contributed by atoms with Crippen LogP contribution in [-0.4, -0.2) is 42.6 Å². The summed E-state index contributed by atoms with van der Waals surface area (Å²) in [6, 6.07) is 1.80. The van der Waals surface area contributed by atoms with E-state index in [1.54, 1.807) is 43.5 Å². The zero-order chi connectivity index (χ0) is 22.0. The molecule has 0 bridgehead atoms. The highest BCUT2D eigenvalue weighted by Crippen LogP contribution is 2.22. The normalized spacial score (nSPS) is 13.5. The lowest BCUT2D eigenvalue weighted by molar-refractivity contribution is 0.0780. The molecule has 0 atom stereocenters. The van der Waals surface area contributed by atoms with Crippen molar-refractivity contribution in [1.29, 1.82) is 0 Å². The van der Waals surface area contributed by atoms with Gasteiger partial charge in [-0.2, -0.15) is 5.10 Å². The molecule has 1 amide bonds. The van der Waals surface area contributed by atoms with Crippen molar-refractivity contribution in [1.82, 2.24) is 29.6 Å². The van der Waals surface area contributed by atoms with Crippen LogP contribution in [0.4, 0.5) is 0 Å². The Hall–Kier alpha value is -3.29. The topological polar surface area (TPSA) is 96.8 Å². The van der Waals surface area contributed by atoms with Crippen LogP contribution in [0.5, 0.6) is 0 Å². The second-order valence-corrected chi connectivity index (χ2v) is 8.31. The number of hydrogen-bond donors (Lipinski definition) is 1. The van der Waals surface area contributed by atoms with E-state index in [-0.39, 0.29) is 23.6 Å². The SMILES string of the molecule is Cc1cnc(Cn2ccc(C)c(C(=O)N(C)Cc3n[nH]c4c3CCCCC4)c2=O)cn1. The highest BCUT2D eigenvalue weighted by atomic mass is 16.2. The first-order chi connectivity index (χ1) is 14.9. The summed E-state index contributed by atoms with van der Waals surface area (Å²) in [7, 11) is 1.72. The highest BCUT2D eigenvalue weighted by Gasteiger charge is 2.23. The van der Waals surface area contributed by atoms with Crippen molar-refractivity contribution in [3.8, 4) is 0 Å². The summed E-state index contributed by atoms with van der Waals surface area (Å²) in [5.41, 5.74) is 5.33. The van der Waals surface area contributed by atoms with Crippen molar-refractivity contribution in [2.75, 3.05) is 7.05 Å². The molecule has 1 N–H and O–H groups in total. The molecule has 0 radical (unpaired) electrons. The molecule has 31 heavy (non-hydrogen) atoms. The predicted molar refractivity (Wildman–Crippen MR) is 117 cm³/mol. The third kappa shape index (κ3) is 4.42. The number of nitrogens with one attached hydrogen (secondary N) is 1. The third-order valence-electron chi connectivity index (χ3n) is 5.88. The summed E-state index contributed by atoms with van der Waals surface area (Å²) in [5.74, 6) is -0.294. The van der Waals surface area contributed by atoms with Gasteiger partial charge in [0.2, 0.25) is 0 Å². The largest absolute Gasteiger partial charge is 0.336 e. The molecule has 0 saturated carbocycles. The summed E-state index contributed by atoms with van der Waals surface area (Å²) >= 11 is 0. The summed E-state index contributed by atoms with van der Waals surface area (Å²) in [6.07, 6.45) is 10.5. The minimum absolute atomic E-state index is 0.187. The number of hydrogen-bond acceptors (Lipinski definition) is 5. The summed E-state index contributed by atoms with van der Waals surface area (Å²) < 4.78 is 1.51. The van der Waals surface area contributed by atoms with Crippen molar-refractivity contribution < 1.29 is 4.79 Å². The number of carbonyl (C=O) groups is 1. The summed E-state index contributed by atoms with van der Waals surface area (Å²) in [6.45, 7) is 4.30. The number of aromatic amines is 1. The van der Waals surface area contributed by atoms with Crippen LogP contribution in [0.15, 0.2) is 29.5 Å². The predicted octanol–water partition coefficient (Wildman–Crippen LogP) is 2.57. The maximum absolute atomic E-state index is 13.2. The average Bonchev–Trinajstić information content (AvgIpc) is 2.97. The molecule has 0 saturated heterocycles. The van der Waals surface area contributed by atoms with E-state index in [9.17, 15) is 9.59 Å². The van der Waals surface area contributed by atoms with Crippen LogP contribution in [0, 0.1) is 13.8 Å². The Bertz CT molecular complexity index is 1150. The molecule has 4 rings (SSSR count). The maximum Gasteiger partial charge on any atom is 0.264 e. The van der Waals surface area contributed by atoms with Gasteiger partial charge in [-0.15, -0.1) is 0 Å². The molecule has 0 spiro atoms. The lowest BCUT2D eigenvalue weighted by Gasteiger charge is -2.18. The number of H-pyrrole nitrogens is 1. The van der Waals surface area contributed by atoms with E-state index in [4.69, 9.17) is 0 Å². The minimum Gasteiger partial charge on any atom is -0.336 e. The monoisotopic (exact) mass is 420 g/mol. The molecular formula is C23H28N6O2. The zero-order valence-corrected chi connectivity index (χ0v) is 18.3. The quantitative estimate of drug-likeness (QED) is 0.640. The lowest BCUT2D eigenvalue weighted by atomic mass is 10.1. The summed E-state index contributed by atoms with van der Waals surface area (Å²) in [5, 5.41) is 7.61. The Morgan fingerprint density at radius 3 is 2.74 bits per heavy atom. The van der Waals surface area contributed by atoms with E-state index in [1.165, 1.54) is 22.2 Å². The fourth-order valence-electron chi connectivity index (χ4n) is 4.07. The molecule has 1 aliphatic rings. The number of amides is 1. The molecule has 0 fully saturated rings. The van der Waals surface area contributed by atoms with Gasteiger partial charge in [-0.05, 0) is 56.7 Å². The Labute approximate surface area is 181 Å². The third-order valence-corrected chi connectivity index (χ3v) is 5.88. The summed E-state index contributed by atoms with van der Waals surface area (Å²) in [4.78, 5) is 36.5. The van der Waals surface area contributed by atoms with Crippen molar-refractivity contribution in [3.63, 3.8) is 0 Å². The second-order valence-electron chi connectivity index (χ2n) is 8.31. The number of aryl methyl sites for hydroxylation is 3. The first-order valence-electron chi connectivity index (χ1n) is 10.7. The van der Waals surface area contributed by atoms with Gasteiger partial charge in [0.15, 0.2) is 0 Å². The number of carbonyl (C=O) groups excluding carboxylic acids is 1. The Balaban J connectivity index is 1.57. The van der Waals surface area contributed by atoms with Gasteiger partial charge in [-0.1, -0.05) is 6.42 Å². The van der Waals surface area contributed by atoms with Gasteiger partial charge in [0, 0.05) is 25.1 Å². The molecule has 0 aromatic carbocycles. The molecule has 162 valence electrons. The van der Waals surface area contributed by atoms with Gasteiger partial charge < -0.3 is 9.47 Å². The number of pyridine rings is 1. The number of fused-ring (bicyclic) bond motifs is 1. The minimum atomic E-state index is -0.319. The second kappa shape index (κ2) is 8.83. The van der Waals surface area contributed by atoms with Crippen LogP contribution < -0.4 is 5.56 Å². The number of rotatable bonds is 5. The Morgan fingerprint density at radius 2 is 1.97 bits per heavy atom. The fraction of sp³-hybridized carbons (Fsp3) is 0.435. The average molecular weight is 421 g/mol. The molecule has 1 aliphatic carbocycles. The van der Waals surface area contributed by atoms with Gasteiger partial charge in [0.25, 0.3) is 11.5 Å². The first-order valence-corrected chi connectivity index (χ1v) is 10.7. The lowest BCUT2D eigenvalue weighted by Crippen LogP contribution is -2.35.